The average molecular weight is 298 g/mol. The largest absolute Gasteiger partial charge is 0.495 e. The first-order chi connectivity index (χ1) is 8.26. The molecule has 0 saturated carbocycles. The summed E-state index contributed by atoms with van der Waals surface area (Å²) in [7, 11) is 3.32. The highest BCUT2D eigenvalue weighted by atomic mass is 79.9. The zero-order chi connectivity index (χ0) is 12.3. The predicted molar refractivity (Wildman–Crippen MR) is 72.5 cm³/mol. The molecule has 0 atom stereocenters. The van der Waals surface area contributed by atoms with Crippen LogP contribution in [0.2, 0.25) is 0 Å². The second-order valence-electron chi connectivity index (χ2n) is 3.98. The van der Waals surface area contributed by atoms with Gasteiger partial charge in [0.05, 0.1) is 14.2 Å². The topological polar surface area (TPSA) is 30.8 Å². The number of halogens is 1. The monoisotopic (exact) mass is 297 g/mol. The van der Waals surface area contributed by atoms with Gasteiger partial charge in [-0.1, -0.05) is 0 Å². The van der Waals surface area contributed by atoms with Crippen molar-refractivity contribution in [3.63, 3.8) is 0 Å². The molecular weight excluding hydrogens is 282 g/mol. The van der Waals surface area contributed by atoms with E-state index in [1.165, 1.54) is 12.8 Å². The van der Waals surface area contributed by atoms with E-state index in [0.717, 1.165) is 40.2 Å². The number of methoxy groups -OCH3 is 2. The Morgan fingerprint density at radius 3 is 2.24 bits per heavy atom. The number of ether oxygens (including phenoxy) is 2. The maximum Gasteiger partial charge on any atom is 0.137 e. The Hall–Kier alpha value is -1.03. The van der Waals surface area contributed by atoms with E-state index >= 15 is 0 Å². The highest BCUT2D eigenvalue weighted by Gasteiger charge is 2.14. The van der Waals surface area contributed by atoms with Crippen molar-refractivity contribution in [2.45, 2.75) is 19.3 Å². The van der Waals surface area contributed by atoms with Crippen LogP contribution in [0.5, 0.6) is 11.5 Å². The zero-order valence-electron chi connectivity index (χ0n) is 10.1. The van der Waals surface area contributed by atoms with Crippen LogP contribution in [0, 0.1) is 0 Å². The van der Waals surface area contributed by atoms with Gasteiger partial charge in [0.15, 0.2) is 0 Å². The third kappa shape index (κ3) is 2.63. The Labute approximate surface area is 110 Å². The number of hydrogen-bond donors (Lipinski definition) is 0. The molecule has 0 aromatic heterocycles. The molecular formula is C13H16BrNO2. The molecule has 1 aromatic carbocycles. The van der Waals surface area contributed by atoms with Gasteiger partial charge in [0.2, 0.25) is 0 Å². The van der Waals surface area contributed by atoms with E-state index in [-0.39, 0.29) is 0 Å². The van der Waals surface area contributed by atoms with E-state index < -0.39 is 0 Å². The molecule has 0 amide bonds. The molecule has 1 aliphatic rings. The molecule has 0 fully saturated rings. The summed E-state index contributed by atoms with van der Waals surface area (Å²) >= 11 is 3.47. The molecule has 0 spiro atoms. The van der Waals surface area contributed by atoms with Crippen molar-refractivity contribution in [3.05, 3.63) is 22.2 Å². The van der Waals surface area contributed by atoms with E-state index in [9.17, 15) is 0 Å². The third-order valence-electron chi connectivity index (χ3n) is 2.90. The molecule has 2 rings (SSSR count). The van der Waals surface area contributed by atoms with Crippen molar-refractivity contribution in [2.24, 2.45) is 4.99 Å². The standard InChI is InChI=1S/C13H16BrNO2/c1-16-11-7-9(8-12(17-2)13(11)14)10-5-3-4-6-15-10/h7-8H,3-6H2,1-2H3. The molecule has 1 heterocycles. The van der Waals surface area contributed by atoms with Crippen LogP contribution in [-0.2, 0) is 0 Å². The summed E-state index contributed by atoms with van der Waals surface area (Å²) in [6.45, 7) is 0.927. The van der Waals surface area contributed by atoms with Crippen LogP contribution in [0.3, 0.4) is 0 Å². The molecule has 0 radical (unpaired) electrons. The van der Waals surface area contributed by atoms with Crippen LogP contribution in [0.25, 0.3) is 0 Å². The predicted octanol–water partition coefficient (Wildman–Crippen LogP) is 3.44. The SMILES string of the molecule is COc1cc(C2=NCCCC2)cc(OC)c1Br. The first-order valence-corrected chi connectivity index (χ1v) is 6.50. The summed E-state index contributed by atoms with van der Waals surface area (Å²) in [5.41, 5.74) is 2.25. The van der Waals surface area contributed by atoms with E-state index in [0.29, 0.717) is 0 Å². The van der Waals surface area contributed by atoms with Crippen molar-refractivity contribution in [1.29, 1.82) is 0 Å². The number of aliphatic imine (C=N–C) groups is 1. The molecule has 0 N–H and O–H groups in total. The Balaban J connectivity index is 2.43. The van der Waals surface area contributed by atoms with E-state index in [1.54, 1.807) is 14.2 Å². The Kier molecular flexibility index (Phi) is 4.05. The lowest BCUT2D eigenvalue weighted by Gasteiger charge is -2.15. The van der Waals surface area contributed by atoms with Crippen molar-refractivity contribution in [1.82, 2.24) is 0 Å². The maximum absolute atomic E-state index is 5.34. The van der Waals surface area contributed by atoms with E-state index in [1.807, 2.05) is 12.1 Å². The summed E-state index contributed by atoms with van der Waals surface area (Å²) < 4.78 is 11.5. The fraction of sp³-hybridized carbons (Fsp3) is 0.462. The molecule has 4 heteroatoms. The van der Waals surface area contributed by atoms with Crippen molar-refractivity contribution in [2.75, 3.05) is 20.8 Å². The third-order valence-corrected chi connectivity index (χ3v) is 3.68. The summed E-state index contributed by atoms with van der Waals surface area (Å²) in [6.07, 6.45) is 3.43. The van der Waals surface area contributed by atoms with Gasteiger partial charge >= 0.3 is 0 Å². The van der Waals surface area contributed by atoms with Gasteiger partial charge in [0.25, 0.3) is 0 Å². The summed E-state index contributed by atoms with van der Waals surface area (Å²) in [5, 5.41) is 0. The summed E-state index contributed by atoms with van der Waals surface area (Å²) in [5.74, 6) is 1.57. The van der Waals surface area contributed by atoms with Gasteiger partial charge in [-0.15, -0.1) is 0 Å². The van der Waals surface area contributed by atoms with Crippen LogP contribution >= 0.6 is 15.9 Å². The number of rotatable bonds is 3. The quantitative estimate of drug-likeness (QED) is 0.856. The minimum absolute atomic E-state index is 0.785. The Morgan fingerprint density at radius 1 is 1.12 bits per heavy atom. The van der Waals surface area contributed by atoms with Crippen molar-refractivity contribution >= 4 is 21.6 Å². The first-order valence-electron chi connectivity index (χ1n) is 5.71. The smallest absolute Gasteiger partial charge is 0.137 e. The molecule has 1 aromatic rings. The molecule has 3 nitrogen and oxygen atoms in total. The van der Waals surface area contributed by atoms with Gasteiger partial charge in [-0.3, -0.25) is 4.99 Å². The van der Waals surface area contributed by atoms with Gasteiger partial charge in [0, 0.05) is 17.8 Å². The van der Waals surface area contributed by atoms with Gasteiger partial charge in [-0.25, -0.2) is 0 Å². The lowest BCUT2D eigenvalue weighted by atomic mass is 10.0. The Morgan fingerprint density at radius 2 is 1.76 bits per heavy atom. The fourth-order valence-electron chi connectivity index (χ4n) is 1.97. The normalized spacial score (nSPS) is 15.4. The van der Waals surface area contributed by atoms with E-state index in [2.05, 4.69) is 20.9 Å². The molecule has 92 valence electrons. The molecule has 17 heavy (non-hydrogen) atoms. The maximum atomic E-state index is 5.34. The number of hydrogen-bond acceptors (Lipinski definition) is 3. The van der Waals surface area contributed by atoms with Gasteiger partial charge in [0.1, 0.15) is 16.0 Å². The highest BCUT2D eigenvalue weighted by Crippen LogP contribution is 2.36. The summed E-state index contributed by atoms with van der Waals surface area (Å²) in [4.78, 5) is 4.57. The molecule has 0 unspecified atom stereocenters. The highest BCUT2D eigenvalue weighted by molar-refractivity contribution is 9.10. The van der Waals surface area contributed by atoms with Crippen LogP contribution in [-0.4, -0.2) is 26.5 Å². The molecule has 0 bridgehead atoms. The minimum atomic E-state index is 0.785. The lowest BCUT2D eigenvalue weighted by molar-refractivity contribution is 0.389. The van der Waals surface area contributed by atoms with Crippen molar-refractivity contribution < 1.29 is 9.47 Å². The first kappa shape index (κ1) is 12.4. The second-order valence-corrected chi connectivity index (χ2v) is 4.77. The molecule has 1 aliphatic heterocycles. The van der Waals surface area contributed by atoms with E-state index in [4.69, 9.17) is 9.47 Å². The van der Waals surface area contributed by atoms with Crippen LogP contribution in [0.15, 0.2) is 21.6 Å². The average Bonchev–Trinajstić information content (AvgIpc) is 2.40. The van der Waals surface area contributed by atoms with Crippen LogP contribution < -0.4 is 9.47 Å². The second kappa shape index (κ2) is 5.54. The van der Waals surface area contributed by atoms with Gasteiger partial charge in [-0.2, -0.15) is 0 Å². The lowest BCUT2D eigenvalue weighted by Crippen LogP contribution is -2.08. The number of nitrogens with zero attached hydrogens (tertiary/aromatic N) is 1. The minimum Gasteiger partial charge on any atom is -0.495 e. The molecule has 0 aliphatic carbocycles. The van der Waals surface area contributed by atoms with Crippen molar-refractivity contribution in [3.8, 4) is 11.5 Å². The molecule has 0 saturated heterocycles. The Bertz CT molecular complexity index is 418. The fourth-order valence-corrected chi connectivity index (χ4v) is 2.52. The van der Waals surface area contributed by atoms with Gasteiger partial charge in [-0.05, 0) is 47.3 Å². The van der Waals surface area contributed by atoms with Gasteiger partial charge < -0.3 is 9.47 Å². The van der Waals surface area contributed by atoms with Crippen LogP contribution in [0.4, 0.5) is 0 Å². The van der Waals surface area contributed by atoms with Crippen LogP contribution in [0.1, 0.15) is 24.8 Å². The zero-order valence-corrected chi connectivity index (χ0v) is 11.7. The summed E-state index contributed by atoms with van der Waals surface area (Å²) in [6, 6.07) is 4.02. The number of benzene rings is 1.